The van der Waals surface area contributed by atoms with Gasteiger partial charge in [-0.3, -0.25) is 5.10 Å². The summed E-state index contributed by atoms with van der Waals surface area (Å²) in [7, 11) is 1.79. The molecule has 9 heteroatoms. The Balaban J connectivity index is 1.32. The number of anilines is 3. The maximum absolute atomic E-state index is 12.2. The van der Waals surface area contributed by atoms with E-state index in [2.05, 4.69) is 36.4 Å². The van der Waals surface area contributed by atoms with Crippen LogP contribution >= 0.6 is 0 Å². The molecule has 162 valence electrons. The number of rotatable bonds is 6. The predicted molar refractivity (Wildman–Crippen MR) is 115 cm³/mol. The molecule has 0 spiro atoms. The second-order valence-electron chi connectivity index (χ2n) is 9.31. The summed E-state index contributed by atoms with van der Waals surface area (Å²) >= 11 is 0. The first-order chi connectivity index (χ1) is 14.3. The van der Waals surface area contributed by atoms with Crippen molar-refractivity contribution in [1.82, 2.24) is 25.1 Å². The summed E-state index contributed by atoms with van der Waals surface area (Å²) in [6, 6.07) is 3.90. The largest absolute Gasteiger partial charge is 0.444 e. The van der Waals surface area contributed by atoms with Gasteiger partial charge in [-0.05, 0) is 52.0 Å². The van der Waals surface area contributed by atoms with Gasteiger partial charge in [-0.15, -0.1) is 0 Å². The fourth-order valence-corrected chi connectivity index (χ4v) is 3.67. The molecule has 1 saturated heterocycles. The first-order valence-electron chi connectivity index (χ1n) is 10.6. The van der Waals surface area contributed by atoms with Gasteiger partial charge in [0.05, 0.1) is 0 Å². The molecular formula is C21H31N7O2. The molecule has 9 nitrogen and oxygen atoms in total. The Kier molecular flexibility index (Phi) is 5.53. The highest BCUT2D eigenvalue weighted by Gasteiger charge is 2.28. The second-order valence-corrected chi connectivity index (χ2v) is 9.31. The van der Waals surface area contributed by atoms with Gasteiger partial charge < -0.3 is 19.9 Å². The lowest BCUT2D eigenvalue weighted by Gasteiger charge is -2.26. The van der Waals surface area contributed by atoms with E-state index in [-0.39, 0.29) is 6.09 Å². The van der Waals surface area contributed by atoms with Crippen LogP contribution < -0.4 is 10.2 Å². The molecule has 0 bridgehead atoms. The molecule has 3 heterocycles. The highest BCUT2D eigenvalue weighted by atomic mass is 16.6. The molecule has 2 aliphatic rings. The number of nitrogens with one attached hydrogen (secondary N) is 2. The number of carbonyl (C=O) groups excluding carboxylic acids is 1. The Bertz CT molecular complexity index is 887. The van der Waals surface area contributed by atoms with Gasteiger partial charge in [-0.25, -0.2) is 9.78 Å². The average Bonchev–Trinajstić information content (AvgIpc) is 3.24. The minimum Gasteiger partial charge on any atom is -0.444 e. The fourth-order valence-electron chi connectivity index (χ4n) is 3.67. The zero-order valence-corrected chi connectivity index (χ0v) is 18.2. The van der Waals surface area contributed by atoms with Crippen molar-refractivity contribution in [3.8, 4) is 0 Å². The van der Waals surface area contributed by atoms with Crippen molar-refractivity contribution in [3.63, 3.8) is 0 Å². The molecule has 2 fully saturated rings. The Hall–Kier alpha value is -2.84. The molecule has 1 atom stereocenters. The van der Waals surface area contributed by atoms with Gasteiger partial charge in [-0.2, -0.15) is 10.1 Å². The van der Waals surface area contributed by atoms with E-state index in [1.54, 1.807) is 18.1 Å². The number of hydrogen-bond acceptors (Lipinski definition) is 7. The van der Waals surface area contributed by atoms with Crippen LogP contribution in [0.3, 0.4) is 0 Å². The highest BCUT2D eigenvalue weighted by Crippen LogP contribution is 2.39. The summed E-state index contributed by atoms with van der Waals surface area (Å²) < 4.78 is 5.45. The van der Waals surface area contributed by atoms with Crippen LogP contribution in [0.15, 0.2) is 18.3 Å². The van der Waals surface area contributed by atoms with Crippen LogP contribution in [0.2, 0.25) is 0 Å². The van der Waals surface area contributed by atoms with Crippen LogP contribution in [-0.2, 0) is 4.74 Å². The maximum atomic E-state index is 12.2. The summed E-state index contributed by atoms with van der Waals surface area (Å²) in [6.45, 7) is 7.97. The number of carbonyl (C=O) groups is 1. The molecule has 1 unspecified atom stereocenters. The van der Waals surface area contributed by atoms with E-state index < -0.39 is 5.60 Å². The third-order valence-electron chi connectivity index (χ3n) is 5.32. The van der Waals surface area contributed by atoms with E-state index in [1.807, 2.05) is 26.8 Å². The SMILES string of the molecule is CN(CC1CCN(c2nccc(Nc3cc(C4CC4)[nH]n3)n2)C1)C(=O)OC(C)(C)C. The predicted octanol–water partition coefficient (Wildman–Crippen LogP) is 3.51. The smallest absolute Gasteiger partial charge is 0.410 e. The van der Waals surface area contributed by atoms with E-state index in [0.29, 0.717) is 24.3 Å². The molecule has 0 radical (unpaired) electrons. The van der Waals surface area contributed by atoms with E-state index in [9.17, 15) is 4.79 Å². The molecule has 2 aromatic heterocycles. The highest BCUT2D eigenvalue weighted by molar-refractivity contribution is 5.67. The zero-order valence-electron chi connectivity index (χ0n) is 18.2. The van der Waals surface area contributed by atoms with Crippen molar-refractivity contribution in [2.75, 3.05) is 36.9 Å². The third-order valence-corrected chi connectivity index (χ3v) is 5.32. The van der Waals surface area contributed by atoms with E-state index >= 15 is 0 Å². The lowest BCUT2D eigenvalue weighted by atomic mass is 10.1. The Labute approximate surface area is 177 Å². The van der Waals surface area contributed by atoms with Gasteiger partial charge in [0.1, 0.15) is 11.4 Å². The van der Waals surface area contributed by atoms with Crippen molar-refractivity contribution in [3.05, 3.63) is 24.0 Å². The topological polar surface area (TPSA) is 99.3 Å². The quantitative estimate of drug-likeness (QED) is 0.747. The Morgan fingerprint density at radius 2 is 2.13 bits per heavy atom. The molecule has 1 aliphatic heterocycles. The number of hydrogen-bond donors (Lipinski definition) is 2. The minimum atomic E-state index is -0.484. The van der Waals surface area contributed by atoms with Crippen molar-refractivity contribution in [1.29, 1.82) is 0 Å². The molecular weight excluding hydrogens is 382 g/mol. The van der Waals surface area contributed by atoms with Crippen LogP contribution in [0.25, 0.3) is 0 Å². The molecule has 4 rings (SSSR count). The fraction of sp³-hybridized carbons (Fsp3) is 0.619. The van der Waals surface area contributed by atoms with Crippen LogP contribution in [0.5, 0.6) is 0 Å². The molecule has 1 saturated carbocycles. The van der Waals surface area contributed by atoms with Gasteiger partial charge in [0.2, 0.25) is 5.95 Å². The van der Waals surface area contributed by atoms with Crippen LogP contribution in [0, 0.1) is 5.92 Å². The molecule has 1 aliphatic carbocycles. The summed E-state index contributed by atoms with van der Waals surface area (Å²) in [5, 5.41) is 10.7. The summed E-state index contributed by atoms with van der Waals surface area (Å²) in [4.78, 5) is 25.1. The monoisotopic (exact) mass is 413 g/mol. The maximum Gasteiger partial charge on any atom is 0.410 e. The van der Waals surface area contributed by atoms with Crippen LogP contribution in [-0.4, -0.2) is 63.4 Å². The number of aromatic amines is 1. The zero-order chi connectivity index (χ0) is 21.3. The number of ether oxygens (including phenoxy) is 1. The van der Waals surface area contributed by atoms with E-state index in [1.165, 1.54) is 18.5 Å². The van der Waals surface area contributed by atoms with Crippen LogP contribution in [0.1, 0.15) is 51.6 Å². The van der Waals surface area contributed by atoms with Gasteiger partial charge in [0, 0.05) is 50.6 Å². The summed E-state index contributed by atoms with van der Waals surface area (Å²) in [6.07, 6.45) is 4.93. The first-order valence-corrected chi connectivity index (χ1v) is 10.6. The number of nitrogens with zero attached hydrogens (tertiary/aromatic N) is 5. The first kappa shape index (κ1) is 20.4. The van der Waals surface area contributed by atoms with Gasteiger partial charge in [0.15, 0.2) is 5.82 Å². The van der Waals surface area contributed by atoms with Gasteiger partial charge in [-0.1, -0.05) is 0 Å². The van der Waals surface area contributed by atoms with Crippen molar-refractivity contribution in [2.45, 2.75) is 51.6 Å². The van der Waals surface area contributed by atoms with Gasteiger partial charge in [0.25, 0.3) is 0 Å². The Morgan fingerprint density at radius 1 is 1.33 bits per heavy atom. The molecule has 30 heavy (non-hydrogen) atoms. The second kappa shape index (κ2) is 8.12. The summed E-state index contributed by atoms with van der Waals surface area (Å²) in [5.74, 6) is 3.19. The van der Waals surface area contributed by atoms with Crippen molar-refractivity contribution >= 4 is 23.7 Å². The lowest BCUT2D eigenvalue weighted by Crippen LogP contribution is -2.37. The normalized spacial score (nSPS) is 19.1. The van der Waals surface area contributed by atoms with E-state index in [0.717, 1.165) is 31.1 Å². The molecule has 2 aromatic rings. The van der Waals surface area contributed by atoms with Crippen molar-refractivity contribution in [2.24, 2.45) is 5.92 Å². The average molecular weight is 414 g/mol. The van der Waals surface area contributed by atoms with Crippen molar-refractivity contribution < 1.29 is 9.53 Å². The number of amides is 1. The molecule has 0 aromatic carbocycles. The molecule has 1 amide bonds. The molecule has 2 N–H and O–H groups in total. The Morgan fingerprint density at radius 3 is 2.87 bits per heavy atom. The van der Waals surface area contributed by atoms with Crippen LogP contribution in [0.4, 0.5) is 22.4 Å². The van der Waals surface area contributed by atoms with Gasteiger partial charge >= 0.3 is 6.09 Å². The third kappa shape index (κ3) is 5.20. The standard InChI is InChI=1S/C21H31N7O2/c1-21(2,3)30-20(29)27(4)12-14-8-10-28(13-14)19-22-9-7-17(24-19)23-18-11-16(25-26-18)15-5-6-15/h7,9,11,14-15H,5-6,8,10,12-13H2,1-4H3,(H2,22,23,24,25,26). The minimum absolute atomic E-state index is 0.284. The van der Waals surface area contributed by atoms with E-state index in [4.69, 9.17) is 4.74 Å². The number of aromatic nitrogens is 4. The lowest BCUT2D eigenvalue weighted by molar-refractivity contribution is 0.0277. The number of H-pyrrole nitrogens is 1. The summed E-state index contributed by atoms with van der Waals surface area (Å²) in [5.41, 5.74) is 0.700.